The second-order valence-electron chi connectivity index (χ2n) is 1.40. The summed E-state index contributed by atoms with van der Waals surface area (Å²) in [7, 11) is 0. The van der Waals surface area contributed by atoms with Gasteiger partial charge in [-0.15, -0.1) is 0 Å². The van der Waals surface area contributed by atoms with Crippen molar-refractivity contribution in [3.05, 3.63) is 24.3 Å². The number of nitrogens with zero attached hydrogens (tertiary/aromatic N) is 2. The average molecular weight is 109 g/mol. The van der Waals surface area contributed by atoms with Crippen molar-refractivity contribution >= 4 is 0 Å². The van der Waals surface area contributed by atoms with Gasteiger partial charge in [0, 0.05) is 12.7 Å². The number of rotatable bonds is 1. The van der Waals surface area contributed by atoms with E-state index in [-0.39, 0.29) is 0 Å². The van der Waals surface area contributed by atoms with E-state index in [0.29, 0.717) is 6.54 Å². The smallest absolute Gasteiger partial charge is 0.115 e. The molecule has 0 spiro atoms. The van der Waals surface area contributed by atoms with E-state index >= 15 is 0 Å². The van der Waals surface area contributed by atoms with E-state index in [4.69, 9.17) is 5.73 Å². The first kappa shape index (κ1) is 5.18. The van der Waals surface area contributed by atoms with E-state index in [9.17, 15) is 0 Å². The number of nitrogens with two attached hydrogens (primary N) is 1. The van der Waals surface area contributed by atoms with Crippen LogP contribution in [0.1, 0.15) is 5.69 Å². The zero-order valence-electron chi connectivity index (χ0n) is 4.41. The van der Waals surface area contributed by atoms with Crippen LogP contribution in [0, 0.1) is 0 Å². The van der Waals surface area contributed by atoms with Crippen LogP contribution in [-0.2, 0) is 6.54 Å². The van der Waals surface area contributed by atoms with E-state index in [2.05, 4.69) is 9.97 Å². The minimum atomic E-state index is 0.489. The Morgan fingerprint density at radius 3 is 2.88 bits per heavy atom. The van der Waals surface area contributed by atoms with Crippen LogP contribution in [0.2, 0.25) is 0 Å². The van der Waals surface area contributed by atoms with Crippen LogP contribution in [0.15, 0.2) is 18.6 Å². The number of aromatic nitrogens is 2. The van der Waals surface area contributed by atoms with Gasteiger partial charge in [-0.1, -0.05) is 0 Å². The molecule has 42 valence electrons. The van der Waals surface area contributed by atoms with Gasteiger partial charge >= 0.3 is 0 Å². The summed E-state index contributed by atoms with van der Waals surface area (Å²) in [6.45, 7) is 0.489. The van der Waals surface area contributed by atoms with Crippen LogP contribution in [-0.4, -0.2) is 9.97 Å². The highest BCUT2D eigenvalue weighted by atomic mass is 14.8. The van der Waals surface area contributed by atoms with Crippen molar-refractivity contribution in [3.8, 4) is 0 Å². The van der Waals surface area contributed by atoms with Crippen LogP contribution in [0.3, 0.4) is 0 Å². The zero-order valence-corrected chi connectivity index (χ0v) is 4.41. The molecule has 1 aromatic heterocycles. The third kappa shape index (κ3) is 1.01. The molecule has 0 atom stereocenters. The molecule has 0 fully saturated rings. The van der Waals surface area contributed by atoms with Gasteiger partial charge in [-0.05, 0) is 6.07 Å². The molecule has 8 heavy (non-hydrogen) atoms. The molecule has 1 aromatic rings. The molecule has 0 saturated heterocycles. The summed E-state index contributed by atoms with van der Waals surface area (Å²) in [5.74, 6) is 0. The monoisotopic (exact) mass is 109 g/mol. The fourth-order valence-electron chi connectivity index (χ4n) is 0.439. The Bertz CT molecular complexity index is 149. The Morgan fingerprint density at radius 1 is 1.62 bits per heavy atom. The fourth-order valence-corrected chi connectivity index (χ4v) is 0.439. The summed E-state index contributed by atoms with van der Waals surface area (Å²) in [5.41, 5.74) is 6.13. The molecule has 1 rings (SSSR count). The minimum Gasteiger partial charge on any atom is -0.325 e. The molecule has 1 heterocycles. The maximum atomic E-state index is 5.26. The number of hydrogen-bond donors (Lipinski definition) is 1. The van der Waals surface area contributed by atoms with E-state index in [1.165, 1.54) is 6.33 Å². The van der Waals surface area contributed by atoms with E-state index in [1.807, 2.05) is 0 Å². The largest absolute Gasteiger partial charge is 0.325 e. The van der Waals surface area contributed by atoms with Gasteiger partial charge in [0.2, 0.25) is 0 Å². The highest BCUT2D eigenvalue weighted by Gasteiger charge is 1.82. The first-order chi connectivity index (χ1) is 3.93. The first-order valence-electron chi connectivity index (χ1n) is 2.38. The highest BCUT2D eigenvalue weighted by Crippen LogP contribution is 1.84. The molecule has 0 radical (unpaired) electrons. The Hall–Kier alpha value is -0.960. The van der Waals surface area contributed by atoms with Gasteiger partial charge in [0.25, 0.3) is 0 Å². The van der Waals surface area contributed by atoms with Crippen molar-refractivity contribution < 1.29 is 0 Å². The van der Waals surface area contributed by atoms with Gasteiger partial charge in [0.15, 0.2) is 0 Å². The van der Waals surface area contributed by atoms with Gasteiger partial charge in [-0.25, -0.2) is 9.97 Å². The predicted octanol–water partition coefficient (Wildman–Crippen LogP) is -0.0647. The van der Waals surface area contributed by atoms with Crippen LogP contribution in [0.4, 0.5) is 0 Å². The molecule has 0 unspecified atom stereocenters. The second-order valence-corrected chi connectivity index (χ2v) is 1.40. The summed E-state index contributed by atoms with van der Waals surface area (Å²) in [6.07, 6.45) is 3.16. The topological polar surface area (TPSA) is 51.8 Å². The van der Waals surface area contributed by atoms with Crippen molar-refractivity contribution in [1.82, 2.24) is 9.97 Å². The van der Waals surface area contributed by atoms with Crippen molar-refractivity contribution in [3.63, 3.8) is 0 Å². The quantitative estimate of drug-likeness (QED) is 0.549. The van der Waals surface area contributed by atoms with Crippen molar-refractivity contribution in [2.45, 2.75) is 6.54 Å². The van der Waals surface area contributed by atoms with Gasteiger partial charge in [-0.3, -0.25) is 0 Å². The van der Waals surface area contributed by atoms with E-state index in [1.54, 1.807) is 12.3 Å². The van der Waals surface area contributed by atoms with Crippen molar-refractivity contribution in [2.24, 2.45) is 5.73 Å². The van der Waals surface area contributed by atoms with Crippen molar-refractivity contribution in [2.75, 3.05) is 0 Å². The Labute approximate surface area is 47.6 Å². The summed E-state index contributed by atoms with van der Waals surface area (Å²) in [4.78, 5) is 7.59. The summed E-state index contributed by atoms with van der Waals surface area (Å²) >= 11 is 0. The summed E-state index contributed by atoms with van der Waals surface area (Å²) in [5, 5.41) is 0. The van der Waals surface area contributed by atoms with Crippen molar-refractivity contribution in [1.29, 1.82) is 0 Å². The second kappa shape index (κ2) is 2.37. The third-order valence-corrected chi connectivity index (χ3v) is 0.852. The molecule has 0 amide bonds. The molecule has 0 aliphatic heterocycles. The van der Waals surface area contributed by atoms with E-state index in [0.717, 1.165) is 5.69 Å². The SMILES string of the molecule is NCc1ccncn1. The lowest BCUT2D eigenvalue weighted by Gasteiger charge is -1.88. The van der Waals surface area contributed by atoms with Gasteiger partial charge in [0.1, 0.15) is 6.33 Å². The lowest BCUT2D eigenvalue weighted by Crippen LogP contribution is -1.98. The molecule has 0 bridgehead atoms. The molecule has 0 aromatic carbocycles. The summed E-state index contributed by atoms with van der Waals surface area (Å²) in [6, 6.07) is 1.79. The average Bonchev–Trinajstić information content (AvgIpc) is 1.90. The molecular weight excluding hydrogens is 102 g/mol. The van der Waals surface area contributed by atoms with Crippen LogP contribution in [0.25, 0.3) is 0 Å². The molecule has 3 nitrogen and oxygen atoms in total. The van der Waals surface area contributed by atoms with Crippen LogP contribution in [0.5, 0.6) is 0 Å². The molecule has 0 aliphatic rings. The van der Waals surface area contributed by atoms with Gasteiger partial charge in [0.05, 0.1) is 5.69 Å². The maximum absolute atomic E-state index is 5.26. The lowest BCUT2D eigenvalue weighted by atomic mass is 10.4. The Balaban J connectivity index is 2.83. The predicted molar refractivity (Wildman–Crippen MR) is 29.9 cm³/mol. The summed E-state index contributed by atoms with van der Waals surface area (Å²) < 4.78 is 0. The Kier molecular flexibility index (Phi) is 1.54. The number of hydrogen-bond acceptors (Lipinski definition) is 3. The zero-order chi connectivity index (χ0) is 5.82. The lowest BCUT2D eigenvalue weighted by molar-refractivity contribution is 0.964. The first-order valence-corrected chi connectivity index (χ1v) is 2.38. The highest BCUT2D eigenvalue weighted by molar-refractivity contribution is 4.95. The standard InChI is InChI=1S/C5H7N3/c6-3-5-1-2-7-4-8-5/h1-2,4H,3,6H2. The minimum absolute atomic E-state index is 0.489. The molecule has 0 aliphatic carbocycles. The molecule has 0 saturated carbocycles. The third-order valence-electron chi connectivity index (χ3n) is 0.852. The maximum Gasteiger partial charge on any atom is 0.115 e. The normalized spacial score (nSPS) is 9.12. The van der Waals surface area contributed by atoms with Crippen LogP contribution < -0.4 is 5.73 Å². The molecule has 3 heteroatoms. The molecule has 2 N–H and O–H groups in total. The van der Waals surface area contributed by atoms with Crippen LogP contribution >= 0.6 is 0 Å². The van der Waals surface area contributed by atoms with Gasteiger partial charge < -0.3 is 5.73 Å². The Morgan fingerprint density at radius 2 is 2.50 bits per heavy atom. The van der Waals surface area contributed by atoms with Gasteiger partial charge in [-0.2, -0.15) is 0 Å². The molecular formula is C5H7N3. The van der Waals surface area contributed by atoms with E-state index < -0.39 is 0 Å². The fraction of sp³-hybridized carbons (Fsp3) is 0.200.